The van der Waals surface area contributed by atoms with Crippen molar-refractivity contribution in [2.45, 2.75) is 18.9 Å². The lowest BCUT2D eigenvalue weighted by Gasteiger charge is -2.36. The van der Waals surface area contributed by atoms with Gasteiger partial charge in [-0.15, -0.1) is 5.10 Å². The first-order chi connectivity index (χ1) is 9.81. The first-order valence-corrected chi connectivity index (χ1v) is 7.20. The quantitative estimate of drug-likeness (QED) is 0.828. The molecule has 106 valence electrons. The van der Waals surface area contributed by atoms with Crippen molar-refractivity contribution in [1.29, 1.82) is 0 Å². The van der Waals surface area contributed by atoms with Crippen LogP contribution in [0.15, 0.2) is 12.4 Å². The fraction of sp³-hybridized carbons (Fsp3) is 0.615. The molecule has 2 saturated heterocycles. The molecule has 2 N–H and O–H groups in total. The fourth-order valence-electron chi connectivity index (χ4n) is 3.37. The van der Waals surface area contributed by atoms with Gasteiger partial charge in [0.15, 0.2) is 5.82 Å². The van der Waals surface area contributed by atoms with E-state index in [1.807, 2.05) is 13.2 Å². The summed E-state index contributed by atoms with van der Waals surface area (Å²) in [4.78, 5) is 7.01. The van der Waals surface area contributed by atoms with Crippen LogP contribution in [-0.2, 0) is 7.05 Å². The average molecular weight is 273 g/mol. The molecule has 4 rings (SSSR count). The molecule has 0 aromatic carbocycles. The lowest BCUT2D eigenvalue weighted by Crippen LogP contribution is -2.45. The largest absolute Gasteiger partial charge is 0.335 e. The van der Waals surface area contributed by atoms with E-state index in [1.54, 1.807) is 10.9 Å². The number of nitrogens with one attached hydrogen (secondary N) is 2. The Hall–Kier alpha value is -1.89. The molecule has 7 heteroatoms. The van der Waals surface area contributed by atoms with E-state index in [0.717, 1.165) is 42.9 Å². The number of rotatable bonds is 2. The van der Waals surface area contributed by atoms with Crippen LogP contribution in [0.5, 0.6) is 0 Å². The van der Waals surface area contributed by atoms with E-state index in [1.165, 1.54) is 12.8 Å². The Morgan fingerprint density at radius 1 is 1.35 bits per heavy atom. The highest BCUT2D eigenvalue weighted by atomic mass is 15.4. The smallest absolute Gasteiger partial charge is 0.245 e. The second-order valence-corrected chi connectivity index (χ2v) is 5.71. The van der Waals surface area contributed by atoms with E-state index < -0.39 is 0 Å². The highest BCUT2D eigenvalue weighted by molar-refractivity contribution is 5.54. The summed E-state index contributed by atoms with van der Waals surface area (Å²) in [6.07, 6.45) is 6.29. The molecule has 2 fully saturated rings. The van der Waals surface area contributed by atoms with Gasteiger partial charge in [-0.1, -0.05) is 0 Å². The van der Waals surface area contributed by atoms with Gasteiger partial charge in [0.05, 0.1) is 11.8 Å². The van der Waals surface area contributed by atoms with Gasteiger partial charge in [0.25, 0.3) is 0 Å². The van der Waals surface area contributed by atoms with Crippen LogP contribution in [0.4, 0.5) is 5.95 Å². The van der Waals surface area contributed by atoms with Crippen molar-refractivity contribution in [2.24, 2.45) is 13.0 Å². The number of H-pyrrole nitrogens is 1. The highest BCUT2D eigenvalue weighted by Gasteiger charge is 2.36. The van der Waals surface area contributed by atoms with Gasteiger partial charge in [-0.2, -0.15) is 10.1 Å². The maximum absolute atomic E-state index is 4.66. The van der Waals surface area contributed by atoms with Crippen LogP contribution < -0.4 is 10.2 Å². The van der Waals surface area contributed by atoms with Crippen molar-refractivity contribution in [3.05, 3.63) is 12.4 Å². The molecule has 0 saturated carbocycles. The number of nitrogens with zero attached hydrogens (tertiary/aromatic N) is 5. The third-order valence-electron chi connectivity index (χ3n) is 4.39. The van der Waals surface area contributed by atoms with Crippen LogP contribution in [0.2, 0.25) is 0 Å². The molecule has 4 heterocycles. The molecule has 2 aromatic heterocycles. The van der Waals surface area contributed by atoms with Crippen LogP contribution in [0.3, 0.4) is 0 Å². The monoisotopic (exact) mass is 273 g/mol. The Kier molecular flexibility index (Phi) is 2.73. The summed E-state index contributed by atoms with van der Waals surface area (Å²) in [5.41, 5.74) is 0.976. The minimum atomic E-state index is 0.543. The maximum Gasteiger partial charge on any atom is 0.245 e. The number of fused-ring (bicyclic) bond motifs is 1. The molecule has 2 unspecified atom stereocenters. The first kappa shape index (κ1) is 11.9. The second-order valence-electron chi connectivity index (χ2n) is 5.71. The second kappa shape index (κ2) is 4.59. The van der Waals surface area contributed by atoms with E-state index in [-0.39, 0.29) is 0 Å². The van der Waals surface area contributed by atoms with Gasteiger partial charge < -0.3 is 10.2 Å². The molecule has 0 aliphatic carbocycles. The molecule has 0 bridgehead atoms. The zero-order valence-electron chi connectivity index (χ0n) is 11.6. The minimum absolute atomic E-state index is 0.543. The van der Waals surface area contributed by atoms with Crippen LogP contribution in [0.1, 0.15) is 12.8 Å². The van der Waals surface area contributed by atoms with Gasteiger partial charge in [-0.25, -0.2) is 0 Å². The molecule has 2 aromatic rings. The zero-order chi connectivity index (χ0) is 13.5. The third kappa shape index (κ3) is 1.89. The number of aromatic amines is 1. The van der Waals surface area contributed by atoms with Crippen LogP contribution in [-0.4, -0.2) is 50.6 Å². The maximum atomic E-state index is 4.66. The molecule has 2 aliphatic rings. The first-order valence-electron chi connectivity index (χ1n) is 7.20. The van der Waals surface area contributed by atoms with Crippen LogP contribution in [0.25, 0.3) is 11.4 Å². The summed E-state index contributed by atoms with van der Waals surface area (Å²) in [6.45, 7) is 3.22. The van der Waals surface area contributed by atoms with E-state index in [9.17, 15) is 0 Å². The van der Waals surface area contributed by atoms with Crippen molar-refractivity contribution < 1.29 is 0 Å². The lowest BCUT2D eigenvalue weighted by molar-refractivity contribution is 0.381. The number of hydrogen-bond donors (Lipinski definition) is 2. The Labute approximate surface area is 117 Å². The normalized spacial score (nSPS) is 25.9. The molecule has 0 spiro atoms. The number of aryl methyl sites for hydroxylation is 1. The molecular weight excluding hydrogens is 254 g/mol. The summed E-state index contributed by atoms with van der Waals surface area (Å²) in [7, 11) is 1.90. The topological polar surface area (TPSA) is 74.7 Å². The highest BCUT2D eigenvalue weighted by Crippen LogP contribution is 2.29. The van der Waals surface area contributed by atoms with Gasteiger partial charge >= 0.3 is 0 Å². The fourth-order valence-corrected chi connectivity index (χ4v) is 3.37. The van der Waals surface area contributed by atoms with Crippen molar-refractivity contribution in [3.63, 3.8) is 0 Å². The van der Waals surface area contributed by atoms with Crippen LogP contribution >= 0.6 is 0 Å². The van der Waals surface area contributed by atoms with Crippen molar-refractivity contribution in [3.8, 4) is 11.4 Å². The van der Waals surface area contributed by atoms with Gasteiger partial charge in [0.1, 0.15) is 0 Å². The standard InChI is InChI=1S/C13H19N7/c1-19-8-10(6-15-19)12-16-13(18-17-12)20-4-2-3-9-5-14-7-11(9)20/h6,8-9,11,14H,2-5,7H2,1H3,(H,16,17,18). The minimum Gasteiger partial charge on any atom is -0.335 e. The summed E-state index contributed by atoms with van der Waals surface area (Å²) in [5.74, 6) is 2.35. The number of hydrogen-bond acceptors (Lipinski definition) is 5. The number of piperidine rings is 1. The SMILES string of the molecule is Cn1cc(-c2nc(N3CCCC4CNCC43)n[nH]2)cn1. The lowest BCUT2D eigenvalue weighted by atomic mass is 9.92. The Bertz CT molecular complexity index is 601. The Morgan fingerprint density at radius 2 is 2.30 bits per heavy atom. The van der Waals surface area contributed by atoms with E-state index in [4.69, 9.17) is 0 Å². The van der Waals surface area contributed by atoms with Gasteiger partial charge in [0, 0.05) is 38.9 Å². The van der Waals surface area contributed by atoms with Gasteiger partial charge in [-0.3, -0.25) is 9.78 Å². The molecule has 7 nitrogen and oxygen atoms in total. The van der Waals surface area contributed by atoms with E-state index in [2.05, 4.69) is 30.5 Å². The van der Waals surface area contributed by atoms with Crippen molar-refractivity contribution in [2.75, 3.05) is 24.5 Å². The molecule has 0 radical (unpaired) electrons. The summed E-state index contributed by atoms with van der Waals surface area (Å²) < 4.78 is 1.77. The number of anilines is 1. The van der Waals surface area contributed by atoms with Gasteiger partial charge in [0.2, 0.25) is 5.95 Å². The third-order valence-corrected chi connectivity index (χ3v) is 4.39. The molecular formula is C13H19N7. The number of aromatic nitrogens is 5. The van der Waals surface area contributed by atoms with E-state index >= 15 is 0 Å². The summed E-state index contributed by atoms with van der Waals surface area (Å²) >= 11 is 0. The van der Waals surface area contributed by atoms with Crippen molar-refractivity contribution in [1.82, 2.24) is 30.3 Å². The molecule has 2 atom stereocenters. The average Bonchev–Trinajstić information content (AvgIpc) is 3.17. The predicted octanol–water partition coefficient (Wildman–Crippen LogP) is 0.393. The van der Waals surface area contributed by atoms with Crippen LogP contribution in [0, 0.1) is 5.92 Å². The predicted molar refractivity (Wildman–Crippen MR) is 75.3 cm³/mol. The molecule has 20 heavy (non-hydrogen) atoms. The Balaban J connectivity index is 1.61. The van der Waals surface area contributed by atoms with E-state index in [0.29, 0.717) is 6.04 Å². The zero-order valence-corrected chi connectivity index (χ0v) is 11.6. The van der Waals surface area contributed by atoms with Crippen molar-refractivity contribution >= 4 is 5.95 Å². The summed E-state index contributed by atoms with van der Waals surface area (Å²) in [6, 6.07) is 0.543. The molecule has 0 amide bonds. The van der Waals surface area contributed by atoms with Gasteiger partial charge in [-0.05, 0) is 18.8 Å². The Morgan fingerprint density at radius 3 is 3.15 bits per heavy atom. The summed E-state index contributed by atoms with van der Waals surface area (Å²) in [5, 5.41) is 15.1. The molecule has 2 aliphatic heterocycles.